The van der Waals surface area contributed by atoms with Gasteiger partial charge in [-0.1, -0.05) is 29.3 Å². The molecule has 1 aliphatic carbocycles. The number of hydrogen-bond donors (Lipinski definition) is 1. The number of nitrogens with one attached hydrogen (secondary N) is 1. The van der Waals surface area contributed by atoms with Gasteiger partial charge in [0.1, 0.15) is 0 Å². The molecule has 0 bridgehead atoms. The maximum absolute atomic E-state index is 3.77. The molecule has 0 radical (unpaired) electrons. The van der Waals surface area contributed by atoms with Crippen LogP contribution in [0.5, 0.6) is 0 Å². The van der Waals surface area contributed by atoms with E-state index in [-0.39, 0.29) is 0 Å². The minimum Gasteiger partial charge on any atom is -0.312 e. The topological polar surface area (TPSA) is 15.3 Å². The minimum atomic E-state index is 0.687. The zero-order valence-corrected chi connectivity index (χ0v) is 13.2. The summed E-state index contributed by atoms with van der Waals surface area (Å²) < 4.78 is 0. The van der Waals surface area contributed by atoms with E-state index in [1.807, 2.05) is 0 Å². The molecule has 1 saturated heterocycles. The molecule has 1 heterocycles. The molecule has 110 valence electrons. The second kappa shape index (κ2) is 5.87. The average molecular weight is 272 g/mol. The van der Waals surface area contributed by atoms with E-state index in [0.29, 0.717) is 6.04 Å². The van der Waals surface area contributed by atoms with Crippen molar-refractivity contribution in [3.8, 4) is 0 Å². The van der Waals surface area contributed by atoms with Gasteiger partial charge < -0.3 is 5.32 Å². The van der Waals surface area contributed by atoms with Crippen molar-refractivity contribution in [1.29, 1.82) is 0 Å². The van der Waals surface area contributed by atoms with Crippen molar-refractivity contribution in [2.45, 2.75) is 58.7 Å². The summed E-state index contributed by atoms with van der Waals surface area (Å²) in [6.07, 6.45) is 4.14. The summed E-state index contributed by atoms with van der Waals surface area (Å²) in [4.78, 5) is 2.69. The second-order valence-corrected chi connectivity index (χ2v) is 6.96. The Morgan fingerprint density at radius 2 is 1.80 bits per heavy atom. The monoisotopic (exact) mass is 272 g/mol. The van der Waals surface area contributed by atoms with Crippen LogP contribution in [-0.2, 0) is 6.54 Å². The van der Waals surface area contributed by atoms with Gasteiger partial charge in [0.25, 0.3) is 0 Å². The molecule has 2 atom stereocenters. The lowest BCUT2D eigenvalue weighted by molar-refractivity contribution is 0.190. The molecule has 1 N–H and O–H groups in total. The summed E-state index contributed by atoms with van der Waals surface area (Å²) in [6.45, 7) is 10.3. The lowest BCUT2D eigenvalue weighted by Gasteiger charge is -2.29. The fourth-order valence-electron chi connectivity index (χ4n) is 3.59. The summed E-state index contributed by atoms with van der Waals surface area (Å²) in [5.74, 6) is 0.946. The fourth-order valence-corrected chi connectivity index (χ4v) is 3.59. The summed E-state index contributed by atoms with van der Waals surface area (Å²) in [5, 5.41) is 3.77. The predicted octanol–water partition coefficient (Wildman–Crippen LogP) is 3.27. The summed E-state index contributed by atoms with van der Waals surface area (Å²) in [5.41, 5.74) is 4.25. The Morgan fingerprint density at radius 3 is 2.45 bits per heavy atom. The highest BCUT2D eigenvalue weighted by atomic mass is 15.2. The van der Waals surface area contributed by atoms with Gasteiger partial charge in [0, 0.05) is 25.2 Å². The normalized spacial score (nSPS) is 28.4. The highest BCUT2D eigenvalue weighted by molar-refractivity contribution is 5.28. The highest BCUT2D eigenvalue weighted by Gasteiger charge is 2.34. The molecule has 3 rings (SSSR count). The van der Waals surface area contributed by atoms with Crippen LogP contribution in [0, 0.1) is 19.8 Å². The molecular weight excluding hydrogens is 244 g/mol. The van der Waals surface area contributed by atoms with Gasteiger partial charge in [0.2, 0.25) is 0 Å². The average Bonchev–Trinajstić information content (AvgIpc) is 3.18. The Labute approximate surface area is 123 Å². The zero-order chi connectivity index (χ0) is 14.1. The molecule has 2 nitrogen and oxygen atoms in total. The Balaban J connectivity index is 1.72. The van der Waals surface area contributed by atoms with E-state index in [2.05, 4.69) is 49.2 Å². The van der Waals surface area contributed by atoms with E-state index in [4.69, 9.17) is 0 Å². The maximum atomic E-state index is 3.77. The summed E-state index contributed by atoms with van der Waals surface area (Å²) in [7, 11) is 0. The molecule has 1 aromatic rings. The van der Waals surface area contributed by atoms with Gasteiger partial charge in [-0.25, -0.2) is 0 Å². The number of nitrogens with zero attached hydrogens (tertiary/aromatic N) is 1. The molecule has 20 heavy (non-hydrogen) atoms. The van der Waals surface area contributed by atoms with Crippen LogP contribution in [0.15, 0.2) is 18.2 Å². The third kappa shape index (κ3) is 3.42. The first-order valence-electron chi connectivity index (χ1n) is 8.16. The van der Waals surface area contributed by atoms with E-state index >= 15 is 0 Å². The number of rotatable bonds is 3. The van der Waals surface area contributed by atoms with Crippen molar-refractivity contribution >= 4 is 0 Å². The first-order valence-corrected chi connectivity index (χ1v) is 8.16. The van der Waals surface area contributed by atoms with E-state index in [0.717, 1.165) is 18.5 Å². The van der Waals surface area contributed by atoms with Crippen LogP contribution in [-0.4, -0.2) is 30.1 Å². The SMILES string of the molecule is Cc1cc(C)cc(CN2CC(C3CC3)NCCC2C)c1. The van der Waals surface area contributed by atoms with Crippen molar-refractivity contribution in [2.75, 3.05) is 13.1 Å². The maximum Gasteiger partial charge on any atom is 0.0237 e. The molecule has 0 spiro atoms. The van der Waals surface area contributed by atoms with Gasteiger partial charge in [-0.3, -0.25) is 4.90 Å². The molecular formula is C18H28N2. The smallest absolute Gasteiger partial charge is 0.0237 e. The lowest BCUT2D eigenvalue weighted by atomic mass is 10.1. The van der Waals surface area contributed by atoms with Gasteiger partial charge in [-0.2, -0.15) is 0 Å². The van der Waals surface area contributed by atoms with Crippen LogP contribution in [0.1, 0.15) is 42.9 Å². The van der Waals surface area contributed by atoms with Crippen LogP contribution in [0.25, 0.3) is 0 Å². The Bertz CT molecular complexity index is 444. The van der Waals surface area contributed by atoms with Crippen molar-refractivity contribution < 1.29 is 0 Å². The second-order valence-electron chi connectivity index (χ2n) is 6.96. The molecule has 2 heteroatoms. The number of aryl methyl sites for hydroxylation is 2. The van der Waals surface area contributed by atoms with Gasteiger partial charge in [-0.15, -0.1) is 0 Å². The van der Waals surface area contributed by atoms with Gasteiger partial charge in [0.15, 0.2) is 0 Å². The van der Waals surface area contributed by atoms with Crippen molar-refractivity contribution in [1.82, 2.24) is 10.2 Å². The molecule has 1 saturated carbocycles. The fraction of sp³-hybridized carbons (Fsp3) is 0.667. The molecule has 1 aromatic carbocycles. The first-order chi connectivity index (χ1) is 9.61. The Kier molecular flexibility index (Phi) is 4.13. The predicted molar refractivity (Wildman–Crippen MR) is 84.9 cm³/mol. The molecule has 1 aliphatic heterocycles. The lowest BCUT2D eigenvalue weighted by Crippen LogP contribution is -2.40. The largest absolute Gasteiger partial charge is 0.312 e. The third-order valence-electron chi connectivity index (χ3n) is 4.88. The van der Waals surface area contributed by atoms with Crippen LogP contribution >= 0.6 is 0 Å². The Hall–Kier alpha value is -0.860. The minimum absolute atomic E-state index is 0.687. The van der Waals surface area contributed by atoms with Gasteiger partial charge >= 0.3 is 0 Å². The molecule has 0 aromatic heterocycles. The van der Waals surface area contributed by atoms with Crippen LogP contribution in [0.2, 0.25) is 0 Å². The summed E-state index contributed by atoms with van der Waals surface area (Å²) >= 11 is 0. The number of hydrogen-bond acceptors (Lipinski definition) is 2. The molecule has 0 amide bonds. The molecule has 2 unspecified atom stereocenters. The van der Waals surface area contributed by atoms with Crippen LogP contribution in [0.4, 0.5) is 0 Å². The van der Waals surface area contributed by atoms with E-state index < -0.39 is 0 Å². The van der Waals surface area contributed by atoms with E-state index in [1.165, 1.54) is 49.0 Å². The van der Waals surface area contributed by atoms with Crippen molar-refractivity contribution in [3.05, 3.63) is 34.9 Å². The van der Waals surface area contributed by atoms with Crippen molar-refractivity contribution in [3.63, 3.8) is 0 Å². The quantitative estimate of drug-likeness (QED) is 0.908. The third-order valence-corrected chi connectivity index (χ3v) is 4.88. The standard InChI is InChI=1S/C18H28N2/c1-13-8-14(2)10-16(9-13)11-20-12-18(17-4-5-17)19-7-6-15(20)3/h8-10,15,17-19H,4-7,11-12H2,1-3H3. The summed E-state index contributed by atoms with van der Waals surface area (Å²) in [6, 6.07) is 8.39. The van der Waals surface area contributed by atoms with Crippen LogP contribution < -0.4 is 5.32 Å². The molecule has 2 fully saturated rings. The van der Waals surface area contributed by atoms with Crippen LogP contribution in [0.3, 0.4) is 0 Å². The van der Waals surface area contributed by atoms with E-state index in [9.17, 15) is 0 Å². The zero-order valence-electron chi connectivity index (χ0n) is 13.2. The Morgan fingerprint density at radius 1 is 1.10 bits per heavy atom. The van der Waals surface area contributed by atoms with E-state index in [1.54, 1.807) is 0 Å². The number of benzene rings is 1. The first kappa shape index (κ1) is 14.1. The highest BCUT2D eigenvalue weighted by Crippen LogP contribution is 2.34. The van der Waals surface area contributed by atoms with Crippen molar-refractivity contribution in [2.24, 2.45) is 5.92 Å². The molecule has 2 aliphatic rings. The van der Waals surface area contributed by atoms with Gasteiger partial charge in [0.05, 0.1) is 0 Å². The van der Waals surface area contributed by atoms with Gasteiger partial charge in [-0.05, 0) is 58.1 Å².